The van der Waals surface area contributed by atoms with E-state index in [9.17, 15) is 4.39 Å². The lowest BCUT2D eigenvalue weighted by atomic mass is 10.1. The number of nitrogens with zero attached hydrogens (tertiary/aromatic N) is 3. The van der Waals surface area contributed by atoms with Gasteiger partial charge in [-0.05, 0) is 30.7 Å². The van der Waals surface area contributed by atoms with Crippen LogP contribution in [0, 0.1) is 5.82 Å². The van der Waals surface area contributed by atoms with Crippen LogP contribution < -0.4 is 5.32 Å². The minimum Gasteiger partial charge on any atom is -0.308 e. The van der Waals surface area contributed by atoms with E-state index in [1.165, 1.54) is 12.1 Å². The predicted molar refractivity (Wildman–Crippen MR) is 71.1 cm³/mol. The molecule has 1 unspecified atom stereocenters. The number of benzene rings is 1. The molecule has 1 N–H and O–H groups in total. The molecule has 1 aromatic heterocycles. The van der Waals surface area contributed by atoms with Crippen LogP contribution in [0.5, 0.6) is 0 Å². The van der Waals surface area contributed by atoms with E-state index in [1.54, 1.807) is 12.1 Å². The fraction of sp³-hybridized carbons (Fsp3) is 0.429. The van der Waals surface area contributed by atoms with Crippen LogP contribution in [0.15, 0.2) is 24.3 Å². The van der Waals surface area contributed by atoms with Crippen LogP contribution >= 0.6 is 0 Å². The van der Waals surface area contributed by atoms with Gasteiger partial charge in [0.1, 0.15) is 5.82 Å². The topological polar surface area (TPSA) is 42.7 Å². The first-order valence-corrected chi connectivity index (χ1v) is 6.72. The first-order chi connectivity index (χ1) is 9.29. The minimum absolute atomic E-state index is 0.229. The highest BCUT2D eigenvalue weighted by atomic mass is 19.1. The van der Waals surface area contributed by atoms with E-state index in [-0.39, 0.29) is 11.9 Å². The Morgan fingerprint density at radius 3 is 2.84 bits per heavy atom. The molecule has 3 rings (SSSR count). The zero-order valence-electron chi connectivity index (χ0n) is 10.9. The Hall–Kier alpha value is -1.75. The van der Waals surface area contributed by atoms with Crippen molar-refractivity contribution in [1.82, 2.24) is 20.1 Å². The Balaban J connectivity index is 1.98. The third-order valence-corrected chi connectivity index (χ3v) is 3.50. The summed E-state index contributed by atoms with van der Waals surface area (Å²) in [5, 5.41) is 12.1. The summed E-state index contributed by atoms with van der Waals surface area (Å²) in [7, 11) is 0. The van der Waals surface area contributed by atoms with E-state index in [1.807, 2.05) is 0 Å². The SMILES string of the molecule is CCCC1NCCn2c(-c3ccc(F)cc3)nnc21. The molecule has 0 spiro atoms. The molecule has 2 heterocycles. The van der Waals surface area contributed by atoms with E-state index in [0.717, 1.165) is 43.1 Å². The van der Waals surface area contributed by atoms with Crippen molar-refractivity contribution < 1.29 is 4.39 Å². The molecular weight excluding hydrogens is 243 g/mol. The summed E-state index contributed by atoms with van der Waals surface area (Å²) in [6.07, 6.45) is 2.16. The van der Waals surface area contributed by atoms with Gasteiger partial charge in [-0.25, -0.2) is 4.39 Å². The number of rotatable bonds is 3. The molecule has 0 fully saturated rings. The molecule has 19 heavy (non-hydrogen) atoms. The van der Waals surface area contributed by atoms with Crippen molar-refractivity contribution in [3.63, 3.8) is 0 Å². The molecule has 5 heteroatoms. The maximum Gasteiger partial charge on any atom is 0.164 e. The van der Waals surface area contributed by atoms with Crippen molar-refractivity contribution in [2.24, 2.45) is 0 Å². The molecule has 100 valence electrons. The monoisotopic (exact) mass is 260 g/mol. The van der Waals surface area contributed by atoms with Gasteiger partial charge in [0.2, 0.25) is 0 Å². The van der Waals surface area contributed by atoms with E-state index in [2.05, 4.69) is 27.0 Å². The molecule has 0 bridgehead atoms. The average Bonchev–Trinajstić information content (AvgIpc) is 2.85. The third kappa shape index (κ3) is 2.26. The second-order valence-corrected chi connectivity index (χ2v) is 4.84. The molecule has 4 nitrogen and oxygen atoms in total. The van der Waals surface area contributed by atoms with Crippen LogP contribution in [0.4, 0.5) is 4.39 Å². The number of nitrogens with one attached hydrogen (secondary N) is 1. The largest absolute Gasteiger partial charge is 0.308 e. The zero-order valence-corrected chi connectivity index (χ0v) is 10.9. The molecule has 1 aliphatic heterocycles. The van der Waals surface area contributed by atoms with Crippen molar-refractivity contribution in [1.29, 1.82) is 0 Å². The Morgan fingerprint density at radius 1 is 1.32 bits per heavy atom. The molecule has 2 aromatic rings. The summed E-state index contributed by atoms with van der Waals surface area (Å²) >= 11 is 0. The number of hydrogen-bond donors (Lipinski definition) is 1. The van der Waals surface area contributed by atoms with Crippen LogP contribution in [0.2, 0.25) is 0 Å². The number of hydrogen-bond acceptors (Lipinski definition) is 3. The summed E-state index contributed by atoms with van der Waals surface area (Å²) in [5.74, 6) is 1.60. The predicted octanol–water partition coefficient (Wildman–Crippen LogP) is 2.53. The highest BCUT2D eigenvalue weighted by Crippen LogP contribution is 2.26. The summed E-state index contributed by atoms with van der Waals surface area (Å²) in [5.41, 5.74) is 0.914. The second kappa shape index (κ2) is 5.09. The lowest BCUT2D eigenvalue weighted by molar-refractivity contribution is 0.394. The average molecular weight is 260 g/mol. The molecule has 0 saturated carbocycles. The Kier molecular flexibility index (Phi) is 3.29. The molecule has 1 aliphatic rings. The highest BCUT2D eigenvalue weighted by molar-refractivity contribution is 5.55. The van der Waals surface area contributed by atoms with Gasteiger partial charge in [-0.1, -0.05) is 13.3 Å². The standard InChI is InChI=1S/C14H17FN4/c1-2-3-12-14-18-17-13(19(14)9-8-16-12)10-4-6-11(15)7-5-10/h4-7,12,16H,2-3,8-9H2,1H3. The fourth-order valence-electron chi connectivity index (χ4n) is 2.57. The maximum absolute atomic E-state index is 13.0. The zero-order chi connectivity index (χ0) is 13.2. The van der Waals surface area contributed by atoms with Gasteiger partial charge in [0, 0.05) is 18.7 Å². The van der Waals surface area contributed by atoms with E-state index in [4.69, 9.17) is 0 Å². The second-order valence-electron chi connectivity index (χ2n) is 4.84. The van der Waals surface area contributed by atoms with Crippen LogP contribution in [-0.4, -0.2) is 21.3 Å². The Labute approximate surface area is 111 Å². The summed E-state index contributed by atoms with van der Waals surface area (Å²) < 4.78 is 15.1. The number of fused-ring (bicyclic) bond motifs is 1. The Morgan fingerprint density at radius 2 is 2.11 bits per heavy atom. The molecule has 0 saturated heterocycles. The lowest BCUT2D eigenvalue weighted by Crippen LogP contribution is -2.33. The van der Waals surface area contributed by atoms with E-state index < -0.39 is 0 Å². The molecular formula is C14H17FN4. The first-order valence-electron chi connectivity index (χ1n) is 6.72. The van der Waals surface area contributed by atoms with Crippen LogP contribution in [0.3, 0.4) is 0 Å². The molecule has 0 radical (unpaired) electrons. The van der Waals surface area contributed by atoms with Gasteiger partial charge in [-0.2, -0.15) is 0 Å². The minimum atomic E-state index is -0.229. The molecule has 0 amide bonds. The normalized spacial score (nSPS) is 18.3. The van der Waals surface area contributed by atoms with Gasteiger partial charge >= 0.3 is 0 Å². The van der Waals surface area contributed by atoms with Crippen molar-refractivity contribution in [2.75, 3.05) is 6.54 Å². The first kappa shape index (κ1) is 12.3. The van der Waals surface area contributed by atoms with Crippen molar-refractivity contribution >= 4 is 0 Å². The van der Waals surface area contributed by atoms with Gasteiger partial charge in [0.05, 0.1) is 6.04 Å². The van der Waals surface area contributed by atoms with Crippen molar-refractivity contribution in [3.05, 3.63) is 35.9 Å². The van der Waals surface area contributed by atoms with Crippen LogP contribution in [-0.2, 0) is 6.54 Å². The molecule has 1 aromatic carbocycles. The van der Waals surface area contributed by atoms with Crippen molar-refractivity contribution in [3.8, 4) is 11.4 Å². The number of halogens is 1. The smallest absolute Gasteiger partial charge is 0.164 e. The molecule has 0 aliphatic carbocycles. The third-order valence-electron chi connectivity index (χ3n) is 3.50. The highest BCUT2D eigenvalue weighted by Gasteiger charge is 2.24. The quantitative estimate of drug-likeness (QED) is 0.922. The molecule has 1 atom stereocenters. The van der Waals surface area contributed by atoms with Crippen LogP contribution in [0.25, 0.3) is 11.4 Å². The summed E-state index contributed by atoms with van der Waals surface area (Å²) in [4.78, 5) is 0. The van der Waals surface area contributed by atoms with E-state index >= 15 is 0 Å². The lowest BCUT2D eigenvalue weighted by Gasteiger charge is -2.24. The fourth-order valence-corrected chi connectivity index (χ4v) is 2.57. The Bertz CT molecular complexity index is 561. The van der Waals surface area contributed by atoms with Gasteiger partial charge in [-0.3, -0.25) is 0 Å². The van der Waals surface area contributed by atoms with E-state index in [0.29, 0.717) is 0 Å². The van der Waals surface area contributed by atoms with Gasteiger partial charge < -0.3 is 9.88 Å². The maximum atomic E-state index is 13.0. The number of aromatic nitrogens is 3. The summed E-state index contributed by atoms with van der Waals surface area (Å²) in [6.45, 7) is 3.94. The van der Waals surface area contributed by atoms with Crippen LogP contribution in [0.1, 0.15) is 31.6 Å². The van der Waals surface area contributed by atoms with Gasteiger partial charge in [0.25, 0.3) is 0 Å². The van der Waals surface area contributed by atoms with Gasteiger partial charge in [0.15, 0.2) is 11.6 Å². The van der Waals surface area contributed by atoms with Gasteiger partial charge in [-0.15, -0.1) is 10.2 Å². The van der Waals surface area contributed by atoms with Crippen molar-refractivity contribution in [2.45, 2.75) is 32.4 Å². The summed E-state index contributed by atoms with van der Waals surface area (Å²) in [6, 6.07) is 6.70.